The molecule has 0 saturated heterocycles. The van der Waals surface area contributed by atoms with Crippen LogP contribution in [-0.2, 0) is 32.7 Å². The number of carbonyl (C=O) groups is 2. The van der Waals surface area contributed by atoms with E-state index in [0.29, 0.717) is 19.4 Å². The van der Waals surface area contributed by atoms with Gasteiger partial charge < -0.3 is 19.3 Å². The third-order valence-electron chi connectivity index (χ3n) is 8.37. The summed E-state index contributed by atoms with van der Waals surface area (Å²) >= 11 is 0. The van der Waals surface area contributed by atoms with Gasteiger partial charge in [0.05, 0.1) is 13.2 Å². The number of rotatable bonds is 38. The second kappa shape index (κ2) is 41.1. The average molecular weight is 816 g/mol. The zero-order chi connectivity index (χ0) is 41.9. The second-order valence-corrected chi connectivity index (χ2v) is 15.6. The smallest absolute Gasteiger partial charge is 0.462 e. The van der Waals surface area contributed by atoms with Crippen LogP contribution in [0.2, 0.25) is 0 Å². The SMILES string of the molecule is CC/C=C\C/C=C\C/C=C\C/C=C\CCCCC(=O)OCC(COP(=O)(O)OCCN(C)C)OC(=O)CCCCC/C=C\C/C=C\C/C=C\C/C=C\CCCCC. The number of allylic oxidation sites excluding steroid dienone is 16. The number of unbranched alkanes of at least 4 members (excludes halogenated alkanes) is 8. The largest absolute Gasteiger partial charge is 0.472 e. The van der Waals surface area contributed by atoms with Crippen molar-refractivity contribution in [2.45, 2.75) is 148 Å². The van der Waals surface area contributed by atoms with E-state index in [1.807, 2.05) is 14.1 Å². The molecule has 0 fully saturated rings. The Labute approximate surface area is 347 Å². The van der Waals surface area contributed by atoms with Gasteiger partial charge in [0.1, 0.15) is 6.61 Å². The summed E-state index contributed by atoms with van der Waals surface area (Å²) in [6.07, 6.45) is 51.7. The zero-order valence-corrected chi connectivity index (χ0v) is 36.9. The van der Waals surface area contributed by atoms with Crippen LogP contribution >= 0.6 is 7.82 Å². The van der Waals surface area contributed by atoms with Crippen molar-refractivity contribution in [3.8, 4) is 0 Å². The van der Waals surface area contributed by atoms with Gasteiger partial charge in [-0.3, -0.25) is 18.6 Å². The molecule has 1 N–H and O–H groups in total. The van der Waals surface area contributed by atoms with E-state index in [0.717, 1.165) is 77.0 Å². The molecule has 57 heavy (non-hydrogen) atoms. The number of likely N-dealkylation sites (N-methyl/N-ethyl adjacent to an activating group) is 1. The number of nitrogens with zero attached hydrogens (tertiary/aromatic N) is 1. The Morgan fingerprint density at radius 2 is 1.00 bits per heavy atom. The fraction of sp³-hybridized carbons (Fsp3) is 0.617. The van der Waals surface area contributed by atoms with E-state index in [1.165, 1.54) is 25.7 Å². The van der Waals surface area contributed by atoms with Crippen molar-refractivity contribution in [1.29, 1.82) is 0 Å². The van der Waals surface area contributed by atoms with E-state index in [4.69, 9.17) is 18.5 Å². The molecule has 0 aliphatic carbocycles. The summed E-state index contributed by atoms with van der Waals surface area (Å²) in [5.41, 5.74) is 0. The predicted octanol–water partition coefficient (Wildman–Crippen LogP) is 12.4. The molecular weight excluding hydrogens is 737 g/mol. The van der Waals surface area contributed by atoms with Crippen LogP contribution < -0.4 is 0 Å². The highest BCUT2D eigenvalue weighted by Gasteiger charge is 2.26. The molecule has 0 spiro atoms. The Morgan fingerprint density at radius 1 is 0.561 bits per heavy atom. The Kier molecular flexibility index (Phi) is 38.9. The van der Waals surface area contributed by atoms with E-state index < -0.39 is 32.5 Å². The fourth-order valence-corrected chi connectivity index (χ4v) is 5.81. The van der Waals surface area contributed by atoms with Gasteiger partial charge in [-0.05, 0) is 110 Å². The van der Waals surface area contributed by atoms with E-state index in [-0.39, 0.29) is 26.1 Å². The Hall–Kier alpha value is -3.07. The maximum atomic E-state index is 12.6. The van der Waals surface area contributed by atoms with Crippen LogP contribution in [-0.4, -0.2) is 68.3 Å². The number of carbonyl (C=O) groups excluding carboxylic acids is 2. The Bertz CT molecular complexity index is 1260. The van der Waals surface area contributed by atoms with Crippen LogP contribution in [0, 0.1) is 0 Å². The maximum Gasteiger partial charge on any atom is 0.472 e. The van der Waals surface area contributed by atoms with Crippen LogP contribution in [0.15, 0.2) is 97.2 Å². The molecule has 0 radical (unpaired) electrons. The number of ether oxygens (including phenoxy) is 2. The molecule has 0 aliphatic heterocycles. The molecule has 0 rings (SSSR count). The lowest BCUT2D eigenvalue weighted by Gasteiger charge is -2.20. The zero-order valence-electron chi connectivity index (χ0n) is 36.0. The second-order valence-electron chi connectivity index (χ2n) is 14.1. The van der Waals surface area contributed by atoms with Gasteiger partial charge in [-0.25, -0.2) is 4.57 Å². The van der Waals surface area contributed by atoms with Gasteiger partial charge in [-0.2, -0.15) is 0 Å². The molecule has 0 saturated carbocycles. The summed E-state index contributed by atoms with van der Waals surface area (Å²) in [6.45, 7) is 4.06. The fourth-order valence-electron chi connectivity index (χ4n) is 5.07. The number of hydrogen-bond acceptors (Lipinski definition) is 8. The first-order valence-electron chi connectivity index (χ1n) is 21.5. The molecule has 0 aromatic heterocycles. The summed E-state index contributed by atoms with van der Waals surface area (Å²) in [7, 11) is -0.763. The maximum absolute atomic E-state index is 12.6. The first kappa shape index (κ1) is 53.9. The molecule has 2 unspecified atom stereocenters. The van der Waals surface area contributed by atoms with Crippen LogP contribution in [0.1, 0.15) is 142 Å². The number of esters is 2. The van der Waals surface area contributed by atoms with Crippen molar-refractivity contribution in [2.75, 3.05) is 40.5 Å². The Morgan fingerprint density at radius 3 is 1.49 bits per heavy atom. The van der Waals surface area contributed by atoms with Gasteiger partial charge in [0.15, 0.2) is 6.10 Å². The topological polar surface area (TPSA) is 112 Å². The first-order chi connectivity index (χ1) is 27.7. The van der Waals surface area contributed by atoms with E-state index in [9.17, 15) is 19.0 Å². The van der Waals surface area contributed by atoms with Crippen LogP contribution in [0.3, 0.4) is 0 Å². The molecule has 0 aliphatic rings. The van der Waals surface area contributed by atoms with Crippen molar-refractivity contribution in [2.24, 2.45) is 0 Å². The molecule has 0 bridgehead atoms. The first-order valence-corrected chi connectivity index (χ1v) is 23.0. The molecule has 324 valence electrons. The van der Waals surface area contributed by atoms with Gasteiger partial charge >= 0.3 is 19.8 Å². The highest BCUT2D eigenvalue weighted by molar-refractivity contribution is 7.47. The molecule has 10 heteroatoms. The Balaban J connectivity index is 4.46. The number of phosphoric ester groups is 1. The summed E-state index contributed by atoms with van der Waals surface area (Å²) < 4.78 is 33.4. The lowest BCUT2D eigenvalue weighted by atomic mass is 10.1. The minimum absolute atomic E-state index is 0.0117. The number of phosphoric acid groups is 1. The highest BCUT2D eigenvalue weighted by Crippen LogP contribution is 2.43. The molecule has 0 amide bonds. The van der Waals surface area contributed by atoms with Crippen molar-refractivity contribution < 1.29 is 37.6 Å². The van der Waals surface area contributed by atoms with Crippen molar-refractivity contribution in [1.82, 2.24) is 4.90 Å². The van der Waals surface area contributed by atoms with Gasteiger partial charge in [0, 0.05) is 19.4 Å². The third-order valence-corrected chi connectivity index (χ3v) is 9.36. The molecule has 9 nitrogen and oxygen atoms in total. The van der Waals surface area contributed by atoms with Gasteiger partial charge in [0.25, 0.3) is 0 Å². The summed E-state index contributed by atoms with van der Waals surface area (Å²) in [5.74, 6) is -0.899. The summed E-state index contributed by atoms with van der Waals surface area (Å²) in [6, 6.07) is 0. The van der Waals surface area contributed by atoms with Gasteiger partial charge in [-0.1, -0.05) is 130 Å². The van der Waals surface area contributed by atoms with E-state index in [2.05, 4.69) is 111 Å². The van der Waals surface area contributed by atoms with Crippen LogP contribution in [0.4, 0.5) is 0 Å². The van der Waals surface area contributed by atoms with Crippen molar-refractivity contribution in [3.05, 3.63) is 97.2 Å². The average Bonchev–Trinajstić information content (AvgIpc) is 3.18. The van der Waals surface area contributed by atoms with Crippen molar-refractivity contribution in [3.63, 3.8) is 0 Å². The van der Waals surface area contributed by atoms with Gasteiger partial charge in [0.2, 0.25) is 0 Å². The lowest BCUT2D eigenvalue weighted by Crippen LogP contribution is -2.29. The van der Waals surface area contributed by atoms with E-state index >= 15 is 0 Å². The molecule has 0 aromatic carbocycles. The predicted molar refractivity (Wildman–Crippen MR) is 238 cm³/mol. The molecule has 2 atom stereocenters. The summed E-state index contributed by atoms with van der Waals surface area (Å²) in [5, 5.41) is 0. The van der Waals surface area contributed by atoms with Crippen molar-refractivity contribution >= 4 is 19.8 Å². The normalized spacial score (nSPS) is 14.4. The van der Waals surface area contributed by atoms with E-state index in [1.54, 1.807) is 4.90 Å². The quantitative estimate of drug-likeness (QED) is 0.0282. The van der Waals surface area contributed by atoms with Gasteiger partial charge in [-0.15, -0.1) is 0 Å². The monoisotopic (exact) mass is 816 g/mol. The summed E-state index contributed by atoms with van der Waals surface area (Å²) in [4.78, 5) is 37.0. The third kappa shape index (κ3) is 42.4. The molecule has 0 aromatic rings. The molecular formula is C47H78NO8P. The van der Waals surface area contributed by atoms with Crippen LogP contribution in [0.25, 0.3) is 0 Å². The minimum atomic E-state index is -4.39. The highest BCUT2D eigenvalue weighted by atomic mass is 31.2. The minimum Gasteiger partial charge on any atom is -0.462 e. The number of hydrogen-bond donors (Lipinski definition) is 1. The standard InChI is InChI=1S/C47H78NO8P/c1-5-7-9-11-13-15-17-19-21-22-23-24-26-28-30-32-34-36-38-40-47(50)56-45(44-55-57(51,52)54-42-41-48(3)4)43-53-46(49)39-37-35-33-31-29-27-25-20-18-16-14-12-10-8-6-2/h8,10,13-16,19-21,23-25,28-31,45H,5-7,9,11-12,17-18,22,26-27,32-44H2,1-4H3,(H,51,52)/b10-8-,15-13-,16-14-,21-19-,24-23-,25-20-,30-28-,31-29-. The molecule has 0 heterocycles. The lowest BCUT2D eigenvalue weighted by molar-refractivity contribution is -0.161. The van der Waals surface area contributed by atoms with Crippen LogP contribution in [0.5, 0.6) is 0 Å².